The second kappa shape index (κ2) is 10.2. The van der Waals surface area contributed by atoms with Crippen molar-refractivity contribution in [2.45, 2.75) is 50.0 Å². The minimum Gasteiger partial charge on any atom is -0.468 e. The fourth-order valence-electron chi connectivity index (χ4n) is 5.21. The van der Waals surface area contributed by atoms with Gasteiger partial charge in [0.05, 0.1) is 12.5 Å². The molecule has 9 nitrogen and oxygen atoms in total. The number of nitrogens with zero attached hydrogens (tertiary/aromatic N) is 4. The van der Waals surface area contributed by atoms with Crippen molar-refractivity contribution in [3.05, 3.63) is 71.4 Å². The number of benzene rings is 2. The number of hydrogen-bond donors (Lipinski definition) is 1. The van der Waals surface area contributed by atoms with Gasteiger partial charge in [-0.2, -0.15) is 0 Å². The highest BCUT2D eigenvalue weighted by molar-refractivity contribution is 5.86. The maximum Gasteiger partial charge on any atom is 0.413 e. The van der Waals surface area contributed by atoms with E-state index in [0.717, 1.165) is 61.3 Å². The summed E-state index contributed by atoms with van der Waals surface area (Å²) in [4.78, 5) is 27.2. The molecule has 9 heteroatoms. The molecular formula is C28H33N5O4. The van der Waals surface area contributed by atoms with Crippen molar-refractivity contribution in [1.82, 2.24) is 15.0 Å². The molecule has 1 aliphatic heterocycles. The molecule has 1 saturated heterocycles. The monoisotopic (exact) mass is 503 g/mol. The normalized spacial score (nSPS) is 17.6. The van der Waals surface area contributed by atoms with Crippen molar-refractivity contribution in [3.63, 3.8) is 0 Å². The first-order valence-corrected chi connectivity index (χ1v) is 12.8. The van der Waals surface area contributed by atoms with Crippen LogP contribution in [0.3, 0.4) is 0 Å². The van der Waals surface area contributed by atoms with E-state index < -0.39 is 11.5 Å². The number of hydrogen-bond acceptors (Lipinski definition) is 7. The largest absolute Gasteiger partial charge is 0.468 e. The molecule has 1 saturated carbocycles. The lowest BCUT2D eigenvalue weighted by atomic mass is 9.92. The molecule has 2 aromatic carbocycles. The number of rotatable bonds is 7. The predicted octanol–water partition coefficient (Wildman–Crippen LogP) is 4.71. The van der Waals surface area contributed by atoms with Crippen LogP contribution in [0.2, 0.25) is 0 Å². The number of aryl methyl sites for hydroxylation is 1. The Kier molecular flexibility index (Phi) is 6.86. The molecule has 1 amide bonds. The van der Waals surface area contributed by atoms with Crippen LogP contribution in [0.5, 0.6) is 0 Å². The van der Waals surface area contributed by atoms with Gasteiger partial charge in [-0.05, 0) is 55.9 Å². The second-order valence-electron chi connectivity index (χ2n) is 9.91. The second-order valence-corrected chi connectivity index (χ2v) is 9.91. The summed E-state index contributed by atoms with van der Waals surface area (Å²) < 4.78 is 12.2. The zero-order valence-electron chi connectivity index (χ0n) is 21.5. The van der Waals surface area contributed by atoms with E-state index in [0.29, 0.717) is 5.82 Å². The fraction of sp³-hybridized carbons (Fsp3) is 0.429. The van der Waals surface area contributed by atoms with Gasteiger partial charge in [-0.25, -0.2) is 9.48 Å². The summed E-state index contributed by atoms with van der Waals surface area (Å²) in [6, 6.07) is 17.9. The molecule has 0 bridgehead atoms. The van der Waals surface area contributed by atoms with Gasteiger partial charge in [0.1, 0.15) is 11.8 Å². The van der Waals surface area contributed by atoms with Gasteiger partial charge >= 0.3 is 12.1 Å². The zero-order chi connectivity index (χ0) is 26.0. The lowest BCUT2D eigenvalue weighted by Crippen LogP contribution is -2.33. The van der Waals surface area contributed by atoms with E-state index in [1.165, 1.54) is 7.11 Å². The summed E-state index contributed by atoms with van der Waals surface area (Å²) in [5.74, 6) is 0.610. The molecule has 0 radical (unpaired) electrons. The lowest BCUT2D eigenvalue weighted by Gasteiger charge is -2.33. The third kappa shape index (κ3) is 5.03. The topological polar surface area (TPSA) is 98.6 Å². The van der Waals surface area contributed by atoms with Crippen LogP contribution in [-0.2, 0) is 26.7 Å². The molecule has 0 spiro atoms. The fourth-order valence-corrected chi connectivity index (χ4v) is 5.21. The molecule has 2 heterocycles. The van der Waals surface area contributed by atoms with Crippen molar-refractivity contribution < 1.29 is 19.1 Å². The summed E-state index contributed by atoms with van der Waals surface area (Å²) in [7, 11) is 3.22. The Morgan fingerprint density at radius 1 is 1.05 bits per heavy atom. The first-order valence-electron chi connectivity index (χ1n) is 12.8. The molecule has 1 aliphatic carbocycles. The number of piperidine rings is 1. The molecule has 2 fully saturated rings. The predicted molar refractivity (Wildman–Crippen MR) is 140 cm³/mol. The van der Waals surface area contributed by atoms with Gasteiger partial charge in [-0.3, -0.25) is 10.1 Å². The summed E-state index contributed by atoms with van der Waals surface area (Å²) in [6.45, 7) is 3.56. The highest BCUT2D eigenvalue weighted by atomic mass is 16.6. The smallest absolute Gasteiger partial charge is 0.413 e. The Morgan fingerprint density at radius 2 is 1.73 bits per heavy atom. The average molecular weight is 504 g/mol. The number of methoxy groups -OCH3 is 1. The van der Waals surface area contributed by atoms with Crippen LogP contribution < -0.4 is 10.2 Å². The van der Waals surface area contributed by atoms with Crippen LogP contribution in [0.4, 0.5) is 16.3 Å². The van der Waals surface area contributed by atoms with E-state index in [-0.39, 0.29) is 18.0 Å². The molecule has 5 rings (SSSR count). The molecule has 1 atom stereocenters. The number of ether oxygens (including phenoxy) is 2. The van der Waals surface area contributed by atoms with E-state index in [4.69, 9.17) is 9.47 Å². The van der Waals surface area contributed by atoms with Crippen LogP contribution in [0.15, 0.2) is 54.6 Å². The number of carbonyl (C=O) groups excluding carboxylic acids is 2. The third-order valence-corrected chi connectivity index (χ3v) is 7.62. The SMILES string of the molecule is COC(=O)C1(c2ccc(N3CCC(c4nnn(C)c4NC(=O)O[C@H](C)c4ccccc4)CC3)cc2)CC1. The maximum absolute atomic E-state index is 12.6. The van der Waals surface area contributed by atoms with Crippen LogP contribution in [0.1, 0.15) is 61.4 Å². The van der Waals surface area contributed by atoms with E-state index in [2.05, 4.69) is 44.8 Å². The molecule has 37 heavy (non-hydrogen) atoms. The molecule has 3 aromatic rings. The molecule has 2 aliphatic rings. The Bertz CT molecular complexity index is 1250. The number of esters is 1. The number of anilines is 2. The van der Waals surface area contributed by atoms with Gasteiger partial charge in [0.15, 0.2) is 5.82 Å². The quantitative estimate of drug-likeness (QED) is 0.466. The summed E-state index contributed by atoms with van der Waals surface area (Å²) in [5.41, 5.74) is 3.44. The van der Waals surface area contributed by atoms with Gasteiger partial charge < -0.3 is 14.4 Å². The van der Waals surface area contributed by atoms with Crippen LogP contribution in [0, 0.1) is 0 Å². The van der Waals surface area contributed by atoms with E-state index in [1.54, 1.807) is 11.7 Å². The first kappa shape index (κ1) is 24.8. The van der Waals surface area contributed by atoms with Gasteiger partial charge in [0, 0.05) is 31.7 Å². The molecule has 1 aromatic heterocycles. The Labute approximate surface area is 216 Å². The number of amides is 1. The van der Waals surface area contributed by atoms with E-state index >= 15 is 0 Å². The lowest BCUT2D eigenvalue weighted by molar-refractivity contribution is -0.143. The molecule has 1 N–H and O–H groups in total. The zero-order valence-corrected chi connectivity index (χ0v) is 21.5. The Hall–Kier alpha value is -3.88. The highest BCUT2D eigenvalue weighted by Crippen LogP contribution is 2.49. The molecule has 194 valence electrons. The average Bonchev–Trinajstić information content (AvgIpc) is 3.67. The van der Waals surface area contributed by atoms with Crippen molar-refractivity contribution >= 4 is 23.6 Å². The first-order chi connectivity index (χ1) is 17.9. The van der Waals surface area contributed by atoms with Crippen LogP contribution in [0.25, 0.3) is 0 Å². The standard InChI is InChI=1S/C28H33N5O4/c1-19(20-7-5-4-6-8-20)37-27(35)29-25-24(30-31-32(25)2)21-13-17-33(18-14-21)23-11-9-22(10-12-23)28(15-16-28)26(34)36-3/h4-12,19,21H,13-18H2,1-3H3,(H,29,35)/t19-/m1/s1. The molecular weight excluding hydrogens is 470 g/mol. The van der Waals surface area contributed by atoms with Crippen molar-refractivity contribution in [3.8, 4) is 0 Å². The van der Waals surface area contributed by atoms with Crippen LogP contribution >= 0.6 is 0 Å². The maximum atomic E-state index is 12.6. The Morgan fingerprint density at radius 3 is 2.35 bits per heavy atom. The van der Waals surface area contributed by atoms with Gasteiger partial charge in [0.25, 0.3) is 0 Å². The van der Waals surface area contributed by atoms with Crippen molar-refractivity contribution in [2.75, 3.05) is 30.4 Å². The Balaban J connectivity index is 1.19. The van der Waals surface area contributed by atoms with Gasteiger partial charge in [-0.15, -0.1) is 5.10 Å². The van der Waals surface area contributed by atoms with Crippen molar-refractivity contribution in [2.24, 2.45) is 7.05 Å². The van der Waals surface area contributed by atoms with Gasteiger partial charge in [-0.1, -0.05) is 47.7 Å². The van der Waals surface area contributed by atoms with Crippen molar-refractivity contribution in [1.29, 1.82) is 0 Å². The number of carbonyl (C=O) groups is 2. The van der Waals surface area contributed by atoms with Gasteiger partial charge in [0.2, 0.25) is 0 Å². The van der Waals surface area contributed by atoms with E-state index in [1.807, 2.05) is 37.3 Å². The summed E-state index contributed by atoms with van der Waals surface area (Å²) >= 11 is 0. The number of nitrogens with one attached hydrogen (secondary N) is 1. The highest BCUT2D eigenvalue weighted by Gasteiger charge is 2.52. The summed E-state index contributed by atoms with van der Waals surface area (Å²) in [6.07, 6.45) is 2.56. The molecule has 0 unspecified atom stereocenters. The minimum atomic E-state index is -0.527. The third-order valence-electron chi connectivity index (χ3n) is 7.62. The van der Waals surface area contributed by atoms with Crippen LogP contribution in [-0.4, -0.2) is 47.3 Å². The number of aromatic nitrogens is 3. The van der Waals surface area contributed by atoms with E-state index in [9.17, 15) is 9.59 Å². The summed E-state index contributed by atoms with van der Waals surface area (Å²) in [5, 5.41) is 11.4. The minimum absolute atomic E-state index is 0.146.